The zero-order valence-corrected chi connectivity index (χ0v) is 10.4. The SMILES string of the molecule is O=C(NCCCOCCO)C1CCCCS1. The molecule has 1 atom stereocenters. The second-order valence-electron chi connectivity index (χ2n) is 3.84. The van der Waals surface area contributed by atoms with Gasteiger partial charge in [0.1, 0.15) is 0 Å². The highest BCUT2D eigenvalue weighted by atomic mass is 32.2. The molecule has 0 aromatic carbocycles. The predicted molar refractivity (Wildman–Crippen MR) is 65.6 cm³/mol. The van der Waals surface area contributed by atoms with Gasteiger partial charge in [0, 0.05) is 13.2 Å². The molecule has 0 radical (unpaired) electrons. The van der Waals surface area contributed by atoms with Crippen LogP contribution in [0, 0.1) is 0 Å². The van der Waals surface area contributed by atoms with E-state index in [1.807, 2.05) is 0 Å². The number of amides is 1. The van der Waals surface area contributed by atoms with Crippen LogP contribution in [0.1, 0.15) is 25.7 Å². The fraction of sp³-hybridized carbons (Fsp3) is 0.909. The van der Waals surface area contributed by atoms with E-state index in [-0.39, 0.29) is 17.8 Å². The third kappa shape index (κ3) is 5.72. The zero-order chi connectivity index (χ0) is 11.6. The first kappa shape index (κ1) is 13.8. The normalized spacial score (nSPS) is 20.7. The molecule has 1 aliphatic rings. The van der Waals surface area contributed by atoms with E-state index in [9.17, 15) is 4.79 Å². The molecule has 1 amide bonds. The van der Waals surface area contributed by atoms with Gasteiger partial charge in [-0.1, -0.05) is 6.42 Å². The second kappa shape index (κ2) is 8.84. The lowest BCUT2D eigenvalue weighted by molar-refractivity contribution is -0.120. The molecule has 0 aliphatic carbocycles. The summed E-state index contributed by atoms with van der Waals surface area (Å²) in [5, 5.41) is 11.6. The molecule has 0 aromatic rings. The number of rotatable bonds is 7. The van der Waals surface area contributed by atoms with Crippen molar-refractivity contribution in [2.75, 3.05) is 32.1 Å². The Kier molecular flexibility index (Phi) is 7.63. The molecule has 2 N–H and O–H groups in total. The average Bonchev–Trinajstić information content (AvgIpc) is 2.34. The summed E-state index contributed by atoms with van der Waals surface area (Å²) in [6, 6.07) is 0. The molecular formula is C11H21NO3S. The van der Waals surface area contributed by atoms with Crippen molar-refractivity contribution in [2.24, 2.45) is 0 Å². The van der Waals surface area contributed by atoms with Gasteiger partial charge in [0.2, 0.25) is 5.91 Å². The third-order valence-electron chi connectivity index (χ3n) is 2.47. The molecule has 5 heteroatoms. The third-order valence-corrected chi connectivity index (χ3v) is 3.85. The van der Waals surface area contributed by atoms with E-state index < -0.39 is 0 Å². The molecule has 0 aromatic heterocycles. The summed E-state index contributed by atoms with van der Waals surface area (Å²) in [6.45, 7) is 1.71. The Bertz CT molecular complexity index is 196. The van der Waals surface area contributed by atoms with E-state index in [1.54, 1.807) is 11.8 Å². The van der Waals surface area contributed by atoms with Gasteiger partial charge in [-0.15, -0.1) is 11.8 Å². The van der Waals surface area contributed by atoms with E-state index in [2.05, 4.69) is 5.32 Å². The zero-order valence-electron chi connectivity index (χ0n) is 9.61. The highest BCUT2D eigenvalue weighted by molar-refractivity contribution is 8.00. The minimum Gasteiger partial charge on any atom is -0.394 e. The number of carbonyl (C=O) groups excluding carboxylic acids is 1. The van der Waals surface area contributed by atoms with Crippen molar-refractivity contribution in [3.63, 3.8) is 0 Å². The van der Waals surface area contributed by atoms with E-state index in [1.165, 1.54) is 12.8 Å². The van der Waals surface area contributed by atoms with Gasteiger partial charge in [-0.3, -0.25) is 4.79 Å². The van der Waals surface area contributed by atoms with Gasteiger partial charge in [-0.05, 0) is 25.0 Å². The monoisotopic (exact) mass is 247 g/mol. The molecule has 16 heavy (non-hydrogen) atoms. The maximum absolute atomic E-state index is 11.7. The van der Waals surface area contributed by atoms with Crippen LogP contribution in [0.2, 0.25) is 0 Å². The highest BCUT2D eigenvalue weighted by Gasteiger charge is 2.20. The van der Waals surface area contributed by atoms with Crippen LogP contribution in [0.15, 0.2) is 0 Å². The lowest BCUT2D eigenvalue weighted by atomic mass is 10.2. The number of aliphatic hydroxyl groups is 1. The minimum absolute atomic E-state index is 0.0606. The number of ether oxygens (including phenoxy) is 1. The average molecular weight is 247 g/mol. The number of thioether (sulfide) groups is 1. The maximum Gasteiger partial charge on any atom is 0.233 e. The molecule has 0 bridgehead atoms. The largest absolute Gasteiger partial charge is 0.394 e. The van der Waals surface area contributed by atoms with E-state index in [0.29, 0.717) is 19.8 Å². The van der Waals surface area contributed by atoms with Crippen LogP contribution in [0.25, 0.3) is 0 Å². The van der Waals surface area contributed by atoms with E-state index in [4.69, 9.17) is 9.84 Å². The minimum atomic E-state index is 0.0606. The number of nitrogens with one attached hydrogen (secondary N) is 1. The fourth-order valence-corrected chi connectivity index (χ4v) is 2.84. The van der Waals surface area contributed by atoms with E-state index >= 15 is 0 Å². The first-order valence-electron chi connectivity index (χ1n) is 5.92. The quantitative estimate of drug-likeness (QED) is 0.653. The Morgan fingerprint density at radius 2 is 2.31 bits per heavy atom. The molecule has 1 heterocycles. The molecular weight excluding hydrogens is 226 g/mol. The predicted octanol–water partition coefficient (Wildman–Crippen LogP) is 0.787. The van der Waals surface area contributed by atoms with Gasteiger partial charge < -0.3 is 15.2 Å². The van der Waals surface area contributed by atoms with Crippen LogP contribution >= 0.6 is 11.8 Å². The Labute approximate surface area is 101 Å². The molecule has 4 nitrogen and oxygen atoms in total. The summed E-state index contributed by atoms with van der Waals surface area (Å²) in [4.78, 5) is 11.7. The molecule has 0 spiro atoms. The number of hydrogen-bond acceptors (Lipinski definition) is 4. The first-order valence-corrected chi connectivity index (χ1v) is 6.97. The standard InChI is InChI=1S/C11H21NO3S/c13-6-8-15-7-3-5-12-11(14)10-4-1-2-9-16-10/h10,13H,1-9H2,(H,12,14). The lowest BCUT2D eigenvalue weighted by Gasteiger charge is -2.20. The summed E-state index contributed by atoms with van der Waals surface area (Å²) < 4.78 is 5.10. The van der Waals surface area contributed by atoms with Gasteiger partial charge in [-0.25, -0.2) is 0 Å². The summed E-state index contributed by atoms with van der Waals surface area (Å²) in [6.07, 6.45) is 4.23. The van der Waals surface area contributed by atoms with Crippen LogP contribution in [0.5, 0.6) is 0 Å². The second-order valence-corrected chi connectivity index (χ2v) is 5.15. The van der Waals surface area contributed by atoms with Crippen LogP contribution in [-0.2, 0) is 9.53 Å². The topological polar surface area (TPSA) is 58.6 Å². The molecule has 94 valence electrons. The van der Waals surface area contributed by atoms with Gasteiger partial charge in [-0.2, -0.15) is 0 Å². The number of carbonyl (C=O) groups is 1. The van der Waals surface area contributed by atoms with Crippen LogP contribution in [0.4, 0.5) is 0 Å². The number of aliphatic hydroxyl groups excluding tert-OH is 1. The Morgan fingerprint density at radius 3 is 3.00 bits per heavy atom. The summed E-state index contributed by atoms with van der Waals surface area (Å²) >= 11 is 1.77. The van der Waals surface area contributed by atoms with Gasteiger partial charge in [0.25, 0.3) is 0 Å². The Balaban J connectivity index is 1.97. The summed E-state index contributed by atoms with van der Waals surface area (Å²) in [7, 11) is 0. The van der Waals surface area contributed by atoms with Gasteiger partial charge in [0.05, 0.1) is 18.5 Å². The van der Waals surface area contributed by atoms with Crippen LogP contribution in [-0.4, -0.2) is 48.4 Å². The van der Waals surface area contributed by atoms with Gasteiger partial charge in [0.15, 0.2) is 0 Å². The van der Waals surface area contributed by atoms with Crippen molar-refractivity contribution in [2.45, 2.75) is 30.9 Å². The van der Waals surface area contributed by atoms with Gasteiger partial charge >= 0.3 is 0 Å². The van der Waals surface area contributed by atoms with Crippen molar-refractivity contribution in [3.05, 3.63) is 0 Å². The first-order chi connectivity index (χ1) is 7.84. The van der Waals surface area contributed by atoms with Crippen molar-refractivity contribution in [1.29, 1.82) is 0 Å². The fourth-order valence-electron chi connectivity index (χ4n) is 1.61. The molecule has 1 saturated heterocycles. The Hall–Kier alpha value is -0.260. The molecule has 1 rings (SSSR count). The molecule has 0 saturated carbocycles. The maximum atomic E-state index is 11.7. The smallest absolute Gasteiger partial charge is 0.233 e. The van der Waals surface area contributed by atoms with Crippen molar-refractivity contribution >= 4 is 17.7 Å². The van der Waals surface area contributed by atoms with Crippen molar-refractivity contribution < 1.29 is 14.6 Å². The van der Waals surface area contributed by atoms with Crippen LogP contribution < -0.4 is 5.32 Å². The molecule has 1 fully saturated rings. The van der Waals surface area contributed by atoms with Crippen molar-refractivity contribution in [1.82, 2.24) is 5.32 Å². The lowest BCUT2D eigenvalue weighted by Crippen LogP contribution is -2.35. The molecule has 1 aliphatic heterocycles. The number of hydrogen-bond donors (Lipinski definition) is 2. The highest BCUT2D eigenvalue weighted by Crippen LogP contribution is 2.24. The Morgan fingerprint density at radius 1 is 1.44 bits per heavy atom. The van der Waals surface area contributed by atoms with Crippen LogP contribution in [0.3, 0.4) is 0 Å². The summed E-state index contributed by atoms with van der Waals surface area (Å²) in [5.74, 6) is 1.28. The molecule has 1 unspecified atom stereocenters. The van der Waals surface area contributed by atoms with E-state index in [0.717, 1.165) is 18.6 Å². The summed E-state index contributed by atoms with van der Waals surface area (Å²) in [5.41, 5.74) is 0. The van der Waals surface area contributed by atoms with Crippen molar-refractivity contribution in [3.8, 4) is 0 Å².